The maximum absolute atomic E-state index is 2.33. The third-order valence-electron chi connectivity index (χ3n) is 4.30. The van der Waals surface area contributed by atoms with Crippen molar-refractivity contribution in [3.63, 3.8) is 0 Å². The summed E-state index contributed by atoms with van der Waals surface area (Å²) in [4.78, 5) is 0. The number of hydrogen-bond acceptors (Lipinski definition) is 0. The van der Waals surface area contributed by atoms with Crippen molar-refractivity contribution in [1.29, 1.82) is 0 Å². The second-order valence-corrected chi connectivity index (χ2v) is 9.11. The van der Waals surface area contributed by atoms with E-state index >= 15 is 0 Å². The molecule has 0 unspecified atom stereocenters. The highest BCUT2D eigenvalue weighted by Gasteiger charge is 2.12. The van der Waals surface area contributed by atoms with Gasteiger partial charge in [0.25, 0.3) is 0 Å². The Balaban J connectivity index is 1.82. The molecule has 2 aromatic carbocycles. The fourth-order valence-electron chi connectivity index (χ4n) is 2.98. The maximum atomic E-state index is 2.33. The summed E-state index contributed by atoms with van der Waals surface area (Å²) in [6, 6.07) is 22.2. The van der Waals surface area contributed by atoms with Crippen LogP contribution >= 0.6 is 7.92 Å². The number of rotatable bonds is 10. The van der Waals surface area contributed by atoms with E-state index in [0.717, 1.165) is 5.92 Å². The Morgan fingerprint density at radius 2 is 1.13 bits per heavy atom. The van der Waals surface area contributed by atoms with Crippen LogP contribution in [0.5, 0.6) is 0 Å². The molecule has 0 aliphatic carbocycles. The van der Waals surface area contributed by atoms with Gasteiger partial charge in [0.05, 0.1) is 0 Å². The smallest absolute Gasteiger partial charge is 0.0195 e. The first-order chi connectivity index (χ1) is 11.3. The Bertz CT molecular complexity index is 479. The number of benzene rings is 2. The topological polar surface area (TPSA) is 0 Å². The summed E-state index contributed by atoms with van der Waals surface area (Å²) in [7, 11) is -0.186. The van der Waals surface area contributed by atoms with Gasteiger partial charge in [-0.15, -0.1) is 0 Å². The largest absolute Gasteiger partial charge is 0.0628 e. The summed E-state index contributed by atoms with van der Waals surface area (Å²) in [5, 5.41) is 3.04. The first-order valence-electron chi connectivity index (χ1n) is 9.15. The molecule has 0 saturated heterocycles. The maximum Gasteiger partial charge on any atom is -0.0195 e. The van der Waals surface area contributed by atoms with Crippen molar-refractivity contribution in [1.82, 2.24) is 0 Å². The Labute approximate surface area is 144 Å². The van der Waals surface area contributed by atoms with E-state index in [4.69, 9.17) is 0 Å². The molecule has 0 radical (unpaired) electrons. The van der Waals surface area contributed by atoms with Crippen LogP contribution in [0.3, 0.4) is 0 Å². The van der Waals surface area contributed by atoms with Crippen molar-refractivity contribution >= 4 is 18.5 Å². The molecule has 1 heteroatoms. The van der Waals surface area contributed by atoms with Crippen molar-refractivity contribution in [2.75, 3.05) is 6.16 Å². The van der Waals surface area contributed by atoms with Crippen LogP contribution in [0.4, 0.5) is 0 Å². The van der Waals surface area contributed by atoms with Crippen LogP contribution in [0.25, 0.3) is 0 Å². The fraction of sp³-hybridized carbons (Fsp3) is 0.455. The van der Waals surface area contributed by atoms with E-state index in [2.05, 4.69) is 74.5 Å². The molecule has 23 heavy (non-hydrogen) atoms. The van der Waals surface area contributed by atoms with Gasteiger partial charge in [-0.2, -0.15) is 0 Å². The van der Waals surface area contributed by atoms with E-state index in [-0.39, 0.29) is 7.92 Å². The van der Waals surface area contributed by atoms with Crippen LogP contribution in [-0.4, -0.2) is 6.16 Å². The van der Waals surface area contributed by atoms with Gasteiger partial charge in [-0.25, -0.2) is 0 Å². The molecule has 2 aromatic rings. The van der Waals surface area contributed by atoms with Gasteiger partial charge >= 0.3 is 0 Å². The SMILES string of the molecule is CC(C)CCCCCCCP(c1ccccc1)c1ccccc1. The lowest BCUT2D eigenvalue weighted by Crippen LogP contribution is -2.13. The summed E-state index contributed by atoms with van der Waals surface area (Å²) in [5.74, 6) is 0.860. The zero-order valence-electron chi connectivity index (χ0n) is 14.7. The van der Waals surface area contributed by atoms with Crippen molar-refractivity contribution in [3.8, 4) is 0 Å². The molecule has 0 aliphatic heterocycles. The molecule has 0 heterocycles. The standard InChI is InChI=1S/C22H31P/c1-20(2)14-8-4-3-5-13-19-23(21-15-9-6-10-16-21)22-17-11-7-12-18-22/h6-7,9-12,15-18,20H,3-5,8,13-14,19H2,1-2H3. The van der Waals surface area contributed by atoms with E-state index in [1.54, 1.807) is 0 Å². The van der Waals surface area contributed by atoms with E-state index in [1.165, 1.54) is 55.3 Å². The van der Waals surface area contributed by atoms with Crippen LogP contribution in [-0.2, 0) is 0 Å². The second-order valence-electron chi connectivity index (χ2n) is 6.77. The van der Waals surface area contributed by atoms with Crippen LogP contribution in [0.2, 0.25) is 0 Å². The summed E-state index contributed by atoms with van der Waals surface area (Å²) in [6.45, 7) is 4.65. The zero-order chi connectivity index (χ0) is 16.3. The van der Waals surface area contributed by atoms with E-state index in [0.29, 0.717) is 0 Å². The molecular formula is C22H31P. The molecule has 124 valence electrons. The van der Waals surface area contributed by atoms with Gasteiger partial charge in [-0.1, -0.05) is 107 Å². The molecule has 0 bridgehead atoms. The van der Waals surface area contributed by atoms with Crippen molar-refractivity contribution in [2.24, 2.45) is 5.92 Å². The molecule has 0 aromatic heterocycles. The molecule has 0 N–H and O–H groups in total. The van der Waals surface area contributed by atoms with Gasteiger partial charge in [-0.05, 0) is 37.0 Å². The quantitative estimate of drug-likeness (QED) is 0.365. The predicted molar refractivity (Wildman–Crippen MR) is 106 cm³/mol. The lowest BCUT2D eigenvalue weighted by molar-refractivity contribution is 0.519. The van der Waals surface area contributed by atoms with E-state index in [1.807, 2.05) is 0 Å². The molecule has 0 aliphatic rings. The number of unbranched alkanes of at least 4 members (excludes halogenated alkanes) is 4. The summed E-state index contributed by atoms with van der Waals surface area (Å²) in [5.41, 5.74) is 0. The first-order valence-corrected chi connectivity index (χ1v) is 10.7. The fourth-order valence-corrected chi connectivity index (χ4v) is 5.39. The van der Waals surface area contributed by atoms with Gasteiger partial charge in [0.2, 0.25) is 0 Å². The second kappa shape index (κ2) is 10.6. The van der Waals surface area contributed by atoms with Crippen LogP contribution in [0.1, 0.15) is 52.4 Å². The molecule has 0 atom stereocenters. The lowest BCUT2D eigenvalue weighted by atomic mass is 10.0. The van der Waals surface area contributed by atoms with Crippen LogP contribution < -0.4 is 10.6 Å². The van der Waals surface area contributed by atoms with Crippen LogP contribution in [0, 0.1) is 5.92 Å². The minimum absolute atomic E-state index is 0.186. The van der Waals surface area contributed by atoms with Gasteiger partial charge < -0.3 is 0 Å². The highest BCUT2D eigenvalue weighted by atomic mass is 31.1. The highest BCUT2D eigenvalue weighted by Crippen LogP contribution is 2.34. The zero-order valence-corrected chi connectivity index (χ0v) is 15.6. The minimum atomic E-state index is -0.186. The Hall–Kier alpha value is -1.13. The molecule has 2 rings (SSSR count). The molecule has 0 saturated carbocycles. The third kappa shape index (κ3) is 6.88. The van der Waals surface area contributed by atoms with Crippen molar-refractivity contribution in [2.45, 2.75) is 52.4 Å². The monoisotopic (exact) mass is 326 g/mol. The average molecular weight is 326 g/mol. The number of hydrogen-bond donors (Lipinski definition) is 0. The molecule has 0 nitrogen and oxygen atoms in total. The molecular weight excluding hydrogens is 295 g/mol. The van der Waals surface area contributed by atoms with Crippen molar-refractivity contribution in [3.05, 3.63) is 60.7 Å². The lowest BCUT2D eigenvalue weighted by Gasteiger charge is -2.18. The van der Waals surface area contributed by atoms with Gasteiger partial charge in [-0.3, -0.25) is 0 Å². The molecule has 0 fully saturated rings. The summed E-state index contributed by atoms with van der Waals surface area (Å²) < 4.78 is 0. The average Bonchev–Trinajstić information content (AvgIpc) is 2.59. The normalized spacial score (nSPS) is 11.3. The first kappa shape index (κ1) is 18.2. The van der Waals surface area contributed by atoms with E-state index in [9.17, 15) is 0 Å². The Morgan fingerprint density at radius 3 is 1.65 bits per heavy atom. The predicted octanol–water partition coefficient (Wildman–Crippen LogP) is 6.12. The summed E-state index contributed by atoms with van der Waals surface area (Å²) in [6.07, 6.45) is 9.68. The van der Waals surface area contributed by atoms with Gasteiger partial charge in [0.1, 0.15) is 0 Å². The minimum Gasteiger partial charge on any atom is -0.0628 e. The Morgan fingerprint density at radius 1 is 0.652 bits per heavy atom. The summed E-state index contributed by atoms with van der Waals surface area (Å²) >= 11 is 0. The van der Waals surface area contributed by atoms with Crippen molar-refractivity contribution < 1.29 is 0 Å². The Kier molecular flexibility index (Phi) is 8.40. The third-order valence-corrected chi connectivity index (χ3v) is 6.91. The molecule has 0 spiro atoms. The van der Waals surface area contributed by atoms with Gasteiger partial charge in [0.15, 0.2) is 0 Å². The molecule has 0 amide bonds. The highest BCUT2D eigenvalue weighted by molar-refractivity contribution is 7.73. The van der Waals surface area contributed by atoms with Gasteiger partial charge in [0, 0.05) is 0 Å². The van der Waals surface area contributed by atoms with Crippen LogP contribution in [0.15, 0.2) is 60.7 Å². The van der Waals surface area contributed by atoms with E-state index < -0.39 is 0 Å².